The first-order valence-corrected chi connectivity index (χ1v) is 14.6. The molecule has 0 saturated carbocycles. The molecule has 4 N–H and O–H groups in total. The highest BCUT2D eigenvalue weighted by molar-refractivity contribution is 7.99. The Morgan fingerprint density at radius 1 is 0.953 bits per heavy atom. The van der Waals surface area contributed by atoms with E-state index in [4.69, 9.17) is 14.6 Å². The lowest BCUT2D eigenvalue weighted by Gasteiger charge is -2.41. The van der Waals surface area contributed by atoms with Gasteiger partial charge >= 0.3 is 5.97 Å². The quantitative estimate of drug-likeness (QED) is 0.180. The Kier molecular flexibility index (Phi) is 9.67. The number of nitrogens with one attached hydrogen (secondary N) is 1. The van der Waals surface area contributed by atoms with Crippen LogP contribution in [0, 0.1) is 5.92 Å². The Morgan fingerprint density at radius 2 is 1.65 bits per heavy atom. The molecule has 0 aliphatic carbocycles. The third-order valence-corrected chi connectivity index (χ3v) is 8.08. The Hall–Kier alpha value is -4.30. The second-order valence-electron chi connectivity index (χ2n) is 10.1. The number of carbonyl (C=O) groups is 2. The van der Waals surface area contributed by atoms with Crippen LogP contribution in [-0.4, -0.2) is 59.3 Å². The van der Waals surface area contributed by atoms with E-state index in [0.717, 1.165) is 16.7 Å². The summed E-state index contributed by atoms with van der Waals surface area (Å²) in [4.78, 5) is 22.8. The van der Waals surface area contributed by atoms with Crippen molar-refractivity contribution < 1.29 is 34.4 Å². The minimum atomic E-state index is -1.03. The SMILES string of the molecule is C[C@H]1[C@@H](CSc2nnnn2-c2ccc(O)cc2)O[C@@H](c2ccc(NC(=O)CCC(=O)O)cc2)O[C@H]1c1ccc(CO)cc1. The zero-order chi connectivity index (χ0) is 30.3. The Labute approximate surface area is 251 Å². The number of anilines is 1. The van der Waals surface area contributed by atoms with Crippen LogP contribution in [0.1, 0.15) is 48.8 Å². The molecule has 1 aromatic heterocycles. The summed E-state index contributed by atoms with van der Waals surface area (Å²) in [6.07, 6.45) is -1.66. The van der Waals surface area contributed by atoms with Gasteiger partial charge in [-0.1, -0.05) is 55.1 Å². The molecule has 12 nitrogen and oxygen atoms in total. The van der Waals surface area contributed by atoms with Crippen LogP contribution < -0.4 is 5.32 Å². The van der Waals surface area contributed by atoms with Crippen molar-refractivity contribution in [2.24, 2.45) is 5.92 Å². The van der Waals surface area contributed by atoms with Crippen molar-refractivity contribution in [3.8, 4) is 11.4 Å². The number of nitrogens with zero attached hydrogens (tertiary/aromatic N) is 4. The molecule has 1 amide bonds. The van der Waals surface area contributed by atoms with E-state index < -0.39 is 12.3 Å². The van der Waals surface area contributed by atoms with Crippen LogP contribution in [0.5, 0.6) is 5.75 Å². The summed E-state index contributed by atoms with van der Waals surface area (Å²) in [5, 5.41) is 43.3. The minimum absolute atomic E-state index is 0.0543. The maximum Gasteiger partial charge on any atom is 0.303 e. The standard InChI is InChI=1S/C30H31N5O7S/c1-18-25(17-43-30-32-33-34-35(30)23-10-12-24(37)13-11-23)41-29(42-28(18)20-4-2-19(16-36)3-5-20)21-6-8-22(9-7-21)31-26(38)14-15-27(39)40/h2-13,18,25,28-29,36-37H,14-17H2,1H3,(H,31,38)(H,39,40)/t18-,25+,28+,29+/m0/s1. The van der Waals surface area contributed by atoms with Crippen molar-refractivity contribution in [2.45, 2.75) is 50.0 Å². The number of thioether (sulfide) groups is 1. The number of tetrazole rings is 1. The first-order chi connectivity index (χ1) is 20.8. The number of carbonyl (C=O) groups excluding carboxylic acids is 1. The number of aliphatic hydroxyl groups is 1. The smallest absolute Gasteiger partial charge is 0.303 e. The highest BCUT2D eigenvalue weighted by Crippen LogP contribution is 2.43. The number of benzene rings is 3. The molecule has 13 heteroatoms. The molecule has 2 heterocycles. The highest BCUT2D eigenvalue weighted by atomic mass is 32.2. The van der Waals surface area contributed by atoms with Crippen LogP contribution >= 0.6 is 11.8 Å². The summed E-state index contributed by atoms with van der Waals surface area (Å²) < 4.78 is 14.6. The van der Waals surface area contributed by atoms with Crippen molar-refractivity contribution >= 4 is 29.3 Å². The van der Waals surface area contributed by atoms with Crippen molar-refractivity contribution in [1.82, 2.24) is 20.2 Å². The van der Waals surface area contributed by atoms with E-state index >= 15 is 0 Å². The monoisotopic (exact) mass is 605 g/mol. The molecule has 1 aliphatic heterocycles. The van der Waals surface area contributed by atoms with E-state index in [1.165, 1.54) is 11.8 Å². The molecular formula is C30H31N5O7S. The Bertz CT molecular complexity index is 1530. The van der Waals surface area contributed by atoms with Gasteiger partial charge in [0.25, 0.3) is 0 Å². The predicted octanol–water partition coefficient (Wildman–Crippen LogP) is 4.25. The van der Waals surface area contributed by atoms with Gasteiger partial charge in [-0.2, -0.15) is 4.68 Å². The fraction of sp³-hybridized carbons (Fsp3) is 0.300. The summed E-state index contributed by atoms with van der Waals surface area (Å²) in [5.41, 5.74) is 3.74. The van der Waals surface area contributed by atoms with Gasteiger partial charge in [0.2, 0.25) is 11.1 Å². The summed E-state index contributed by atoms with van der Waals surface area (Å²) in [5.74, 6) is -0.811. The van der Waals surface area contributed by atoms with E-state index in [1.807, 2.05) is 24.3 Å². The number of carboxylic acids is 1. The number of phenols is 1. The summed E-state index contributed by atoms with van der Waals surface area (Å²) >= 11 is 1.44. The molecule has 5 rings (SSSR count). The number of aromatic nitrogens is 4. The lowest BCUT2D eigenvalue weighted by atomic mass is 9.91. The zero-order valence-corrected chi connectivity index (χ0v) is 24.1. The topological polar surface area (TPSA) is 169 Å². The molecule has 224 valence electrons. The number of aromatic hydroxyl groups is 1. The van der Waals surface area contributed by atoms with Gasteiger partial charge in [0.1, 0.15) is 5.75 Å². The molecule has 3 aromatic carbocycles. The maximum absolute atomic E-state index is 12.1. The number of hydrogen-bond acceptors (Lipinski definition) is 10. The number of phenolic OH excluding ortho intramolecular Hbond substituents is 1. The molecule has 0 spiro atoms. The molecule has 4 atom stereocenters. The van der Waals surface area contributed by atoms with Crippen molar-refractivity contribution in [2.75, 3.05) is 11.1 Å². The highest BCUT2D eigenvalue weighted by Gasteiger charge is 2.38. The van der Waals surface area contributed by atoms with Crippen LogP contribution in [0.25, 0.3) is 5.69 Å². The van der Waals surface area contributed by atoms with Gasteiger partial charge in [-0.25, -0.2) is 0 Å². The average Bonchev–Trinajstić information content (AvgIpc) is 3.49. The summed E-state index contributed by atoms with van der Waals surface area (Å²) in [6.45, 7) is 2.01. The number of rotatable bonds is 11. The lowest BCUT2D eigenvalue weighted by molar-refractivity contribution is -0.268. The van der Waals surface area contributed by atoms with Gasteiger partial charge < -0.3 is 30.1 Å². The normalized spacial score (nSPS) is 20.0. The van der Waals surface area contributed by atoms with E-state index in [1.54, 1.807) is 53.2 Å². The van der Waals surface area contributed by atoms with E-state index in [-0.39, 0.29) is 49.2 Å². The van der Waals surface area contributed by atoms with Crippen molar-refractivity contribution in [1.29, 1.82) is 0 Å². The number of ether oxygens (including phenoxy) is 2. The summed E-state index contributed by atoms with van der Waals surface area (Å²) in [6, 6.07) is 21.3. The van der Waals surface area contributed by atoms with Crippen LogP contribution in [0.3, 0.4) is 0 Å². The summed E-state index contributed by atoms with van der Waals surface area (Å²) in [7, 11) is 0. The molecule has 1 fully saturated rings. The number of aliphatic hydroxyl groups excluding tert-OH is 1. The van der Waals surface area contributed by atoms with Crippen LogP contribution in [0.2, 0.25) is 0 Å². The van der Waals surface area contributed by atoms with E-state index in [9.17, 15) is 19.8 Å². The third-order valence-electron chi connectivity index (χ3n) is 7.07. The van der Waals surface area contributed by atoms with Crippen LogP contribution in [0.15, 0.2) is 78.0 Å². The second kappa shape index (κ2) is 13.8. The van der Waals surface area contributed by atoms with Crippen molar-refractivity contribution in [3.63, 3.8) is 0 Å². The second-order valence-corrected chi connectivity index (χ2v) is 11.1. The van der Waals surface area contributed by atoms with Gasteiger partial charge in [0, 0.05) is 29.3 Å². The molecular weight excluding hydrogens is 574 g/mol. The van der Waals surface area contributed by atoms with E-state index in [0.29, 0.717) is 22.3 Å². The van der Waals surface area contributed by atoms with Gasteiger partial charge in [-0.15, -0.1) is 5.10 Å². The first-order valence-electron chi connectivity index (χ1n) is 13.6. The predicted molar refractivity (Wildman–Crippen MR) is 156 cm³/mol. The third kappa shape index (κ3) is 7.56. The largest absolute Gasteiger partial charge is 0.508 e. The fourth-order valence-corrected chi connectivity index (χ4v) is 5.71. The number of aliphatic carboxylic acids is 1. The molecule has 0 unspecified atom stereocenters. The number of carboxylic acid groups (broad SMARTS) is 1. The Morgan fingerprint density at radius 3 is 2.33 bits per heavy atom. The minimum Gasteiger partial charge on any atom is -0.508 e. The molecule has 4 aromatic rings. The molecule has 0 radical (unpaired) electrons. The molecule has 43 heavy (non-hydrogen) atoms. The van der Waals surface area contributed by atoms with Gasteiger partial charge in [-0.3, -0.25) is 9.59 Å². The van der Waals surface area contributed by atoms with Crippen molar-refractivity contribution in [3.05, 3.63) is 89.5 Å². The van der Waals surface area contributed by atoms with Gasteiger partial charge in [-0.05, 0) is 58.0 Å². The molecule has 1 aliphatic rings. The van der Waals surface area contributed by atoms with E-state index in [2.05, 4.69) is 27.8 Å². The first kappa shape index (κ1) is 30.2. The molecule has 1 saturated heterocycles. The number of amides is 1. The zero-order valence-electron chi connectivity index (χ0n) is 23.2. The maximum atomic E-state index is 12.1. The molecule has 0 bridgehead atoms. The van der Waals surface area contributed by atoms with Gasteiger partial charge in [0.05, 0.1) is 30.9 Å². The fourth-order valence-electron chi connectivity index (χ4n) is 4.66. The average molecular weight is 606 g/mol. The van der Waals surface area contributed by atoms with Gasteiger partial charge in [0.15, 0.2) is 6.29 Å². The number of hydrogen-bond donors (Lipinski definition) is 4. The Balaban J connectivity index is 1.34. The van der Waals surface area contributed by atoms with Crippen LogP contribution in [-0.2, 0) is 25.7 Å². The lowest BCUT2D eigenvalue weighted by Crippen LogP contribution is -2.38. The van der Waals surface area contributed by atoms with Crippen LogP contribution in [0.4, 0.5) is 5.69 Å².